The van der Waals surface area contributed by atoms with Crippen molar-refractivity contribution >= 4 is 11.6 Å². The standard InChI is InChI=1S/C24H34N2O3/c27-16-22-23-19-8-4-5-9-20(19)26(24(28)18-6-2-1-3-7-18)15-21(23)25(22)14-17-10-12-29-13-11-17/h4-5,8-9,17-18,21-23,27H,1-3,6-7,10-16H2/t21-,22-,23+/m1/s1. The lowest BCUT2D eigenvalue weighted by Gasteiger charge is -2.60. The summed E-state index contributed by atoms with van der Waals surface area (Å²) in [6.07, 6.45) is 7.91. The van der Waals surface area contributed by atoms with E-state index < -0.39 is 0 Å². The molecule has 3 aliphatic heterocycles. The van der Waals surface area contributed by atoms with Gasteiger partial charge in [-0.1, -0.05) is 37.5 Å². The molecule has 4 aliphatic rings. The van der Waals surface area contributed by atoms with E-state index in [1.165, 1.54) is 24.8 Å². The zero-order valence-electron chi connectivity index (χ0n) is 17.3. The van der Waals surface area contributed by atoms with Crippen LogP contribution in [0.5, 0.6) is 0 Å². The highest BCUT2D eigenvalue weighted by Crippen LogP contribution is 2.49. The van der Waals surface area contributed by atoms with Crippen LogP contribution in [0.4, 0.5) is 5.69 Å². The van der Waals surface area contributed by atoms with Gasteiger partial charge in [-0.2, -0.15) is 0 Å². The molecular weight excluding hydrogens is 364 g/mol. The molecule has 1 amide bonds. The van der Waals surface area contributed by atoms with Gasteiger partial charge in [0, 0.05) is 55.9 Å². The fourth-order valence-corrected chi connectivity index (χ4v) is 6.24. The summed E-state index contributed by atoms with van der Waals surface area (Å²) >= 11 is 0. The van der Waals surface area contributed by atoms with Crippen molar-refractivity contribution in [2.45, 2.75) is 62.9 Å². The maximum atomic E-state index is 13.5. The first-order valence-corrected chi connectivity index (χ1v) is 11.6. The molecule has 0 unspecified atom stereocenters. The van der Waals surface area contributed by atoms with Crippen LogP contribution in [0.15, 0.2) is 24.3 Å². The molecule has 5 nitrogen and oxygen atoms in total. The Morgan fingerprint density at radius 1 is 1.07 bits per heavy atom. The van der Waals surface area contributed by atoms with Crippen LogP contribution in [0.25, 0.3) is 0 Å². The van der Waals surface area contributed by atoms with Crippen molar-refractivity contribution in [1.82, 2.24) is 4.90 Å². The number of aliphatic hydroxyl groups is 1. The number of hydrogen-bond donors (Lipinski definition) is 1. The fraction of sp³-hybridized carbons (Fsp3) is 0.708. The van der Waals surface area contributed by atoms with Gasteiger partial charge in [-0.25, -0.2) is 0 Å². The van der Waals surface area contributed by atoms with E-state index in [2.05, 4.69) is 28.0 Å². The van der Waals surface area contributed by atoms with E-state index in [1.807, 2.05) is 6.07 Å². The number of ether oxygens (including phenoxy) is 1. The van der Waals surface area contributed by atoms with E-state index in [0.717, 1.165) is 57.7 Å². The van der Waals surface area contributed by atoms with E-state index in [9.17, 15) is 9.90 Å². The van der Waals surface area contributed by atoms with Crippen LogP contribution in [0, 0.1) is 11.8 Å². The maximum Gasteiger partial charge on any atom is 0.230 e. The van der Waals surface area contributed by atoms with Crippen LogP contribution in [0.2, 0.25) is 0 Å². The molecule has 1 N–H and O–H groups in total. The third-order valence-corrected chi connectivity index (χ3v) is 7.85. The molecule has 3 fully saturated rings. The van der Waals surface area contributed by atoms with Crippen molar-refractivity contribution in [3.63, 3.8) is 0 Å². The van der Waals surface area contributed by atoms with Gasteiger partial charge in [-0.3, -0.25) is 9.69 Å². The average Bonchev–Trinajstić information content (AvgIpc) is 2.78. The largest absolute Gasteiger partial charge is 0.395 e. The second-order valence-corrected chi connectivity index (χ2v) is 9.44. The molecule has 0 radical (unpaired) electrons. The number of amides is 1. The molecule has 3 heterocycles. The summed E-state index contributed by atoms with van der Waals surface area (Å²) < 4.78 is 5.53. The van der Waals surface area contributed by atoms with Crippen molar-refractivity contribution in [3.05, 3.63) is 29.8 Å². The van der Waals surface area contributed by atoms with E-state index in [1.54, 1.807) is 0 Å². The molecule has 158 valence electrons. The summed E-state index contributed by atoms with van der Waals surface area (Å²) in [5.74, 6) is 1.49. The molecule has 0 bridgehead atoms. The van der Waals surface area contributed by atoms with Crippen LogP contribution in [0.3, 0.4) is 0 Å². The summed E-state index contributed by atoms with van der Waals surface area (Å²) in [6, 6.07) is 8.93. The van der Waals surface area contributed by atoms with Gasteiger partial charge in [-0.05, 0) is 43.2 Å². The molecule has 0 aromatic heterocycles. The minimum absolute atomic E-state index is 0.177. The molecule has 1 saturated carbocycles. The lowest BCUT2D eigenvalue weighted by molar-refractivity contribution is -0.124. The Morgan fingerprint density at radius 2 is 1.83 bits per heavy atom. The van der Waals surface area contributed by atoms with Gasteiger partial charge in [-0.15, -0.1) is 0 Å². The number of fused-ring (bicyclic) bond motifs is 3. The Hall–Kier alpha value is -1.43. The first-order valence-electron chi connectivity index (χ1n) is 11.6. The predicted octanol–water partition coefficient (Wildman–Crippen LogP) is 3.17. The summed E-state index contributed by atoms with van der Waals surface area (Å²) in [4.78, 5) is 18.1. The summed E-state index contributed by atoms with van der Waals surface area (Å²) in [7, 11) is 0. The highest BCUT2D eigenvalue weighted by atomic mass is 16.5. The van der Waals surface area contributed by atoms with Crippen molar-refractivity contribution in [1.29, 1.82) is 0 Å². The van der Waals surface area contributed by atoms with Gasteiger partial charge in [0.2, 0.25) is 5.91 Å². The SMILES string of the molecule is O=C(C1CCCCC1)N1C[C@@H]2[C@H](c3ccccc31)[C@@H](CO)N2CC1CCOCC1. The molecular formula is C24H34N2O3. The monoisotopic (exact) mass is 398 g/mol. The highest BCUT2D eigenvalue weighted by molar-refractivity contribution is 5.96. The first-order chi connectivity index (χ1) is 14.3. The number of para-hydroxylation sites is 1. The summed E-state index contributed by atoms with van der Waals surface area (Å²) in [5, 5.41) is 10.2. The number of nitrogens with zero attached hydrogens (tertiary/aromatic N) is 2. The topological polar surface area (TPSA) is 53.0 Å². The minimum atomic E-state index is 0.177. The smallest absolute Gasteiger partial charge is 0.230 e. The third kappa shape index (κ3) is 3.51. The molecule has 5 rings (SSSR count). The lowest BCUT2D eigenvalue weighted by Crippen LogP contribution is -2.70. The molecule has 1 aromatic carbocycles. The number of carbonyl (C=O) groups is 1. The molecule has 2 saturated heterocycles. The van der Waals surface area contributed by atoms with E-state index in [0.29, 0.717) is 23.8 Å². The Kier molecular flexibility index (Phi) is 5.63. The number of rotatable bonds is 4. The van der Waals surface area contributed by atoms with Crippen LogP contribution in [-0.2, 0) is 9.53 Å². The quantitative estimate of drug-likeness (QED) is 0.846. The molecule has 1 aromatic rings. The van der Waals surface area contributed by atoms with Gasteiger partial charge in [0.15, 0.2) is 0 Å². The predicted molar refractivity (Wildman–Crippen MR) is 113 cm³/mol. The number of hydrogen-bond acceptors (Lipinski definition) is 4. The Bertz CT molecular complexity index is 727. The Morgan fingerprint density at radius 3 is 2.59 bits per heavy atom. The van der Waals surface area contributed by atoms with Crippen LogP contribution < -0.4 is 4.90 Å². The number of anilines is 1. The molecule has 5 heteroatoms. The van der Waals surface area contributed by atoms with Crippen LogP contribution in [0.1, 0.15) is 56.4 Å². The van der Waals surface area contributed by atoms with Gasteiger partial charge in [0.1, 0.15) is 0 Å². The molecule has 0 spiro atoms. The Labute approximate surface area is 174 Å². The highest BCUT2D eigenvalue weighted by Gasteiger charge is 2.53. The summed E-state index contributed by atoms with van der Waals surface area (Å²) in [6.45, 7) is 3.69. The second kappa shape index (κ2) is 8.37. The van der Waals surface area contributed by atoms with Gasteiger partial charge in [0.05, 0.1) is 6.61 Å². The minimum Gasteiger partial charge on any atom is -0.395 e. The molecule has 1 aliphatic carbocycles. The number of carbonyl (C=O) groups excluding carboxylic acids is 1. The number of likely N-dealkylation sites (tertiary alicyclic amines) is 1. The fourth-order valence-electron chi connectivity index (χ4n) is 6.24. The van der Waals surface area contributed by atoms with Crippen molar-refractivity contribution in [2.75, 3.05) is 37.8 Å². The van der Waals surface area contributed by atoms with Gasteiger partial charge >= 0.3 is 0 Å². The number of aliphatic hydroxyl groups excluding tert-OH is 1. The summed E-state index contributed by atoms with van der Waals surface area (Å²) in [5.41, 5.74) is 2.35. The van der Waals surface area contributed by atoms with Crippen molar-refractivity contribution in [3.8, 4) is 0 Å². The molecule has 29 heavy (non-hydrogen) atoms. The van der Waals surface area contributed by atoms with Crippen LogP contribution >= 0.6 is 0 Å². The molecule has 3 atom stereocenters. The van der Waals surface area contributed by atoms with Crippen molar-refractivity contribution < 1.29 is 14.6 Å². The lowest BCUT2D eigenvalue weighted by atomic mass is 9.71. The van der Waals surface area contributed by atoms with E-state index in [4.69, 9.17) is 4.74 Å². The zero-order chi connectivity index (χ0) is 19.8. The van der Waals surface area contributed by atoms with E-state index in [-0.39, 0.29) is 18.6 Å². The zero-order valence-corrected chi connectivity index (χ0v) is 17.3. The van der Waals surface area contributed by atoms with Gasteiger partial charge in [0.25, 0.3) is 0 Å². The third-order valence-electron chi connectivity index (χ3n) is 7.85. The normalized spacial score (nSPS) is 31.1. The second-order valence-electron chi connectivity index (χ2n) is 9.44. The maximum absolute atomic E-state index is 13.5. The van der Waals surface area contributed by atoms with Crippen LogP contribution in [-0.4, -0.2) is 60.9 Å². The Balaban J connectivity index is 1.40. The van der Waals surface area contributed by atoms with Gasteiger partial charge < -0.3 is 14.7 Å². The van der Waals surface area contributed by atoms with Crippen molar-refractivity contribution in [2.24, 2.45) is 11.8 Å². The van der Waals surface area contributed by atoms with E-state index >= 15 is 0 Å². The number of benzene rings is 1. The first kappa shape index (κ1) is 19.5. The average molecular weight is 399 g/mol.